The van der Waals surface area contributed by atoms with E-state index in [1.54, 1.807) is 42.5 Å². The molecule has 0 heterocycles. The van der Waals surface area contributed by atoms with Crippen LogP contribution in [-0.2, 0) is 10.0 Å². The fraction of sp³-hybridized carbons (Fsp3) is 0.0769. The Kier molecular flexibility index (Phi) is 3.73. The number of benzene rings is 2. The minimum absolute atomic E-state index is 0.254. The molecule has 2 aromatic rings. The second-order valence-electron chi connectivity index (χ2n) is 3.90. The lowest BCUT2D eigenvalue weighted by atomic mass is 10.2. The Hall–Kier alpha value is -1.33. The second-order valence-corrected chi connectivity index (χ2v) is 6.44. The number of anilines is 1. The van der Waals surface area contributed by atoms with Gasteiger partial charge < -0.3 is 0 Å². The highest BCUT2D eigenvalue weighted by Gasteiger charge is 2.14. The van der Waals surface area contributed by atoms with Crippen molar-refractivity contribution in [1.29, 1.82) is 0 Å². The van der Waals surface area contributed by atoms with Crippen LogP contribution < -0.4 is 4.72 Å². The monoisotopic (exact) mass is 325 g/mol. The maximum Gasteiger partial charge on any atom is 0.261 e. The van der Waals surface area contributed by atoms with E-state index in [-0.39, 0.29) is 4.90 Å². The summed E-state index contributed by atoms with van der Waals surface area (Å²) in [6, 6.07) is 13.8. The molecule has 94 valence electrons. The smallest absolute Gasteiger partial charge is 0.261 e. The van der Waals surface area contributed by atoms with Gasteiger partial charge in [0.05, 0.1) is 10.6 Å². The zero-order valence-corrected chi connectivity index (χ0v) is 12.1. The van der Waals surface area contributed by atoms with Gasteiger partial charge in [-0.2, -0.15) is 0 Å². The summed E-state index contributed by atoms with van der Waals surface area (Å²) in [6.07, 6.45) is 0. The van der Waals surface area contributed by atoms with Crippen LogP contribution in [0.2, 0.25) is 0 Å². The van der Waals surface area contributed by atoms with Crippen LogP contribution >= 0.6 is 15.9 Å². The van der Waals surface area contributed by atoms with E-state index in [1.807, 2.05) is 13.0 Å². The zero-order chi connectivity index (χ0) is 13.2. The summed E-state index contributed by atoms with van der Waals surface area (Å²) in [6.45, 7) is 1.91. The van der Waals surface area contributed by atoms with Crippen LogP contribution in [0.5, 0.6) is 0 Å². The van der Waals surface area contributed by atoms with E-state index >= 15 is 0 Å². The molecule has 0 unspecified atom stereocenters. The number of para-hydroxylation sites is 1. The molecule has 0 aliphatic heterocycles. The molecule has 0 radical (unpaired) electrons. The number of rotatable bonds is 3. The highest BCUT2D eigenvalue weighted by molar-refractivity contribution is 9.10. The van der Waals surface area contributed by atoms with E-state index < -0.39 is 10.0 Å². The minimum Gasteiger partial charge on any atom is -0.278 e. The van der Waals surface area contributed by atoms with E-state index in [2.05, 4.69) is 20.7 Å². The third-order valence-electron chi connectivity index (χ3n) is 2.45. The van der Waals surface area contributed by atoms with Crippen LogP contribution in [0.1, 0.15) is 5.56 Å². The van der Waals surface area contributed by atoms with Gasteiger partial charge in [0, 0.05) is 4.47 Å². The van der Waals surface area contributed by atoms with Crippen LogP contribution in [0.4, 0.5) is 5.69 Å². The predicted octanol–water partition coefficient (Wildman–Crippen LogP) is 3.56. The van der Waals surface area contributed by atoms with Crippen molar-refractivity contribution in [3.8, 4) is 0 Å². The highest BCUT2D eigenvalue weighted by Crippen LogP contribution is 2.24. The molecule has 0 fully saturated rings. The minimum atomic E-state index is -3.53. The van der Waals surface area contributed by atoms with Crippen LogP contribution in [0.15, 0.2) is 57.9 Å². The van der Waals surface area contributed by atoms with Crippen LogP contribution in [0.25, 0.3) is 0 Å². The molecule has 2 rings (SSSR count). The molecule has 1 N–H and O–H groups in total. The summed E-state index contributed by atoms with van der Waals surface area (Å²) in [5, 5.41) is 0. The van der Waals surface area contributed by atoms with Crippen molar-refractivity contribution >= 4 is 31.6 Å². The quantitative estimate of drug-likeness (QED) is 0.937. The first kappa shape index (κ1) is 13.1. The summed E-state index contributed by atoms with van der Waals surface area (Å²) in [5.41, 5.74) is 1.55. The van der Waals surface area contributed by atoms with Gasteiger partial charge in [0.2, 0.25) is 0 Å². The molecular formula is C13H12BrNO2S. The largest absolute Gasteiger partial charge is 0.278 e. The topological polar surface area (TPSA) is 46.2 Å². The van der Waals surface area contributed by atoms with Gasteiger partial charge in [0.1, 0.15) is 0 Å². The molecule has 0 aromatic heterocycles. The van der Waals surface area contributed by atoms with E-state index in [0.29, 0.717) is 10.2 Å². The molecule has 0 spiro atoms. The van der Waals surface area contributed by atoms with Gasteiger partial charge >= 0.3 is 0 Å². The summed E-state index contributed by atoms with van der Waals surface area (Å²) < 4.78 is 27.5. The normalized spacial score (nSPS) is 11.2. The summed E-state index contributed by atoms with van der Waals surface area (Å²) >= 11 is 3.31. The fourth-order valence-electron chi connectivity index (χ4n) is 1.47. The van der Waals surface area contributed by atoms with Crippen LogP contribution in [0, 0.1) is 6.92 Å². The first-order valence-corrected chi connectivity index (χ1v) is 7.61. The molecule has 18 heavy (non-hydrogen) atoms. The number of hydrogen-bond acceptors (Lipinski definition) is 2. The molecule has 0 bridgehead atoms. The van der Waals surface area contributed by atoms with Gasteiger partial charge in [-0.15, -0.1) is 0 Å². The lowest BCUT2D eigenvalue weighted by Crippen LogP contribution is -2.13. The van der Waals surface area contributed by atoms with Crippen molar-refractivity contribution < 1.29 is 8.42 Å². The maximum atomic E-state index is 12.1. The molecular weight excluding hydrogens is 314 g/mol. The van der Waals surface area contributed by atoms with E-state index in [1.165, 1.54) is 0 Å². The maximum absolute atomic E-state index is 12.1. The molecule has 0 saturated carbocycles. The average molecular weight is 326 g/mol. The van der Waals surface area contributed by atoms with Crippen molar-refractivity contribution in [2.24, 2.45) is 0 Å². The third kappa shape index (κ3) is 2.91. The van der Waals surface area contributed by atoms with E-state index in [9.17, 15) is 8.42 Å². The summed E-state index contributed by atoms with van der Waals surface area (Å²) in [7, 11) is -3.53. The summed E-state index contributed by atoms with van der Waals surface area (Å²) in [5.74, 6) is 0. The van der Waals surface area contributed by atoms with Gasteiger partial charge in [-0.05, 0) is 47.1 Å². The Labute approximate surface area is 115 Å². The first-order chi connectivity index (χ1) is 8.49. The molecule has 5 heteroatoms. The van der Waals surface area contributed by atoms with Crippen molar-refractivity contribution in [2.45, 2.75) is 11.8 Å². The molecule has 0 aliphatic carbocycles. The zero-order valence-electron chi connectivity index (χ0n) is 9.72. The number of halogens is 1. The Balaban J connectivity index is 2.33. The second kappa shape index (κ2) is 5.12. The van der Waals surface area contributed by atoms with E-state index in [4.69, 9.17) is 0 Å². The highest BCUT2D eigenvalue weighted by atomic mass is 79.9. The number of nitrogens with one attached hydrogen (secondary N) is 1. The standard InChI is InChI=1S/C13H12BrNO2S/c1-10-6-8-11(9-7-10)18(16,17)15-13-5-3-2-4-12(13)14/h2-9,15H,1H3. The van der Waals surface area contributed by atoms with E-state index in [0.717, 1.165) is 5.56 Å². The van der Waals surface area contributed by atoms with Crippen LogP contribution in [0.3, 0.4) is 0 Å². The SMILES string of the molecule is Cc1ccc(S(=O)(=O)Nc2ccccc2Br)cc1. The third-order valence-corrected chi connectivity index (χ3v) is 4.52. The molecule has 0 aliphatic rings. The van der Waals surface area contributed by atoms with Gasteiger partial charge in [0.25, 0.3) is 10.0 Å². The van der Waals surface area contributed by atoms with Crippen molar-refractivity contribution in [3.05, 3.63) is 58.6 Å². The van der Waals surface area contributed by atoms with Gasteiger partial charge in [-0.25, -0.2) is 8.42 Å². The molecule has 0 amide bonds. The van der Waals surface area contributed by atoms with Crippen molar-refractivity contribution in [2.75, 3.05) is 4.72 Å². The molecule has 2 aromatic carbocycles. The fourth-order valence-corrected chi connectivity index (χ4v) is 3.06. The molecule has 0 saturated heterocycles. The average Bonchev–Trinajstić information content (AvgIpc) is 2.32. The van der Waals surface area contributed by atoms with Crippen LogP contribution in [-0.4, -0.2) is 8.42 Å². The lowest BCUT2D eigenvalue weighted by Gasteiger charge is -2.09. The van der Waals surface area contributed by atoms with Gasteiger partial charge in [0.15, 0.2) is 0 Å². The Bertz CT molecular complexity index is 651. The number of hydrogen-bond donors (Lipinski definition) is 1. The summed E-state index contributed by atoms with van der Waals surface area (Å²) in [4.78, 5) is 0.254. The van der Waals surface area contributed by atoms with Gasteiger partial charge in [-0.3, -0.25) is 4.72 Å². The number of sulfonamides is 1. The lowest BCUT2D eigenvalue weighted by molar-refractivity contribution is 0.601. The number of aryl methyl sites for hydroxylation is 1. The van der Waals surface area contributed by atoms with Gasteiger partial charge in [-0.1, -0.05) is 29.8 Å². The Morgan fingerprint density at radius 2 is 1.61 bits per heavy atom. The van der Waals surface area contributed by atoms with Crippen molar-refractivity contribution in [1.82, 2.24) is 0 Å². The van der Waals surface area contributed by atoms with Crippen molar-refractivity contribution in [3.63, 3.8) is 0 Å². The molecule has 0 atom stereocenters. The Morgan fingerprint density at radius 1 is 1.00 bits per heavy atom. The Morgan fingerprint density at radius 3 is 2.22 bits per heavy atom. The molecule has 3 nitrogen and oxygen atoms in total. The predicted molar refractivity (Wildman–Crippen MR) is 76.1 cm³/mol. The first-order valence-electron chi connectivity index (χ1n) is 5.33.